The van der Waals surface area contributed by atoms with Crippen molar-refractivity contribution in [2.75, 3.05) is 12.8 Å². The van der Waals surface area contributed by atoms with Gasteiger partial charge in [-0.2, -0.15) is 0 Å². The maximum absolute atomic E-state index is 5.01. The average Bonchev–Trinajstić information content (AvgIpc) is 2.70. The molecule has 0 heterocycles. The third-order valence-electron chi connectivity index (χ3n) is 4.30. The third kappa shape index (κ3) is 4.10. The summed E-state index contributed by atoms with van der Waals surface area (Å²) in [6.07, 6.45) is 5.31. The van der Waals surface area contributed by atoms with E-state index < -0.39 is 7.26 Å². The second-order valence-electron chi connectivity index (χ2n) is 5.75. The zero-order chi connectivity index (χ0) is 17.4. The fourth-order valence-electron chi connectivity index (χ4n) is 3.15. The lowest BCUT2D eigenvalue weighted by Gasteiger charge is -2.26. The van der Waals surface area contributed by atoms with Crippen LogP contribution in [0.4, 0.5) is 0 Å². The molecule has 0 saturated carbocycles. The molecule has 0 amide bonds. The lowest BCUT2D eigenvalue weighted by atomic mass is 10.4. The van der Waals surface area contributed by atoms with Crippen LogP contribution in [0.3, 0.4) is 0 Å². The fourth-order valence-corrected chi connectivity index (χ4v) is 7.34. The Balaban J connectivity index is 2.20. The van der Waals surface area contributed by atoms with Gasteiger partial charge in [-0.15, -0.1) is 0 Å². The predicted octanol–water partition coefficient (Wildman–Crippen LogP) is 4.86. The number of allylic oxidation sites excluding steroid dienone is 1. The number of hydrogen-bond acceptors (Lipinski definition) is 1. The van der Waals surface area contributed by atoms with Gasteiger partial charge in [0.25, 0.3) is 0 Å². The number of halogens is 1. The highest BCUT2D eigenvalue weighted by Crippen LogP contribution is 2.55. The second-order valence-corrected chi connectivity index (χ2v) is 9.74. The molecular formula is C22H21BrOP+. The Morgan fingerprint density at radius 2 is 1.04 bits per heavy atom. The zero-order valence-electron chi connectivity index (χ0n) is 14.0. The van der Waals surface area contributed by atoms with Crippen molar-refractivity contribution in [2.24, 2.45) is 0 Å². The van der Waals surface area contributed by atoms with Crippen molar-refractivity contribution in [1.29, 1.82) is 0 Å². The first kappa shape index (κ1) is 18.1. The van der Waals surface area contributed by atoms with Crippen LogP contribution >= 0.6 is 23.5 Å². The van der Waals surface area contributed by atoms with Gasteiger partial charge in [0, 0.05) is 0 Å². The largest absolute Gasteiger partial charge is 0.304 e. The van der Waals surface area contributed by atoms with Gasteiger partial charge in [-0.25, -0.2) is 0 Å². The Bertz CT molecular complexity index is 691. The van der Waals surface area contributed by atoms with Gasteiger partial charge in [-0.05, 0) is 42.5 Å². The van der Waals surface area contributed by atoms with Gasteiger partial charge in [-0.1, -0.05) is 60.7 Å². The Morgan fingerprint density at radius 3 is 1.40 bits per heavy atom. The molecule has 0 aromatic heterocycles. The molecule has 126 valence electrons. The van der Waals surface area contributed by atoms with Gasteiger partial charge in [0.1, 0.15) is 23.2 Å². The van der Waals surface area contributed by atoms with Crippen molar-refractivity contribution in [3.63, 3.8) is 0 Å². The minimum atomic E-state index is -1.75. The topological polar surface area (TPSA) is 9.23 Å². The maximum atomic E-state index is 5.01. The summed E-state index contributed by atoms with van der Waals surface area (Å²) in [6, 6.07) is 32.7. The van der Waals surface area contributed by atoms with Gasteiger partial charge in [0.2, 0.25) is 0 Å². The molecule has 0 spiro atoms. The Labute approximate surface area is 159 Å². The van der Waals surface area contributed by atoms with Gasteiger partial charge in [0.05, 0.1) is 29.0 Å². The van der Waals surface area contributed by atoms with Gasteiger partial charge >= 0.3 is 0 Å². The lowest BCUT2D eigenvalue weighted by molar-refractivity contribution is 0.454. The smallest absolute Gasteiger partial charge is 0.115 e. The summed E-state index contributed by atoms with van der Waals surface area (Å²) >= 11 is 3.02. The van der Waals surface area contributed by atoms with Crippen molar-refractivity contribution in [3.05, 3.63) is 103 Å². The molecule has 0 atom stereocenters. The van der Waals surface area contributed by atoms with E-state index in [1.54, 1.807) is 0 Å². The van der Waals surface area contributed by atoms with E-state index in [0.717, 1.165) is 6.16 Å². The van der Waals surface area contributed by atoms with Crippen molar-refractivity contribution in [3.8, 4) is 0 Å². The fraction of sp³-hybridized carbons (Fsp3) is 0.0909. The first-order valence-electron chi connectivity index (χ1n) is 8.31. The zero-order valence-corrected chi connectivity index (χ0v) is 16.4. The molecule has 3 aromatic carbocycles. The third-order valence-corrected chi connectivity index (χ3v) is 8.86. The van der Waals surface area contributed by atoms with E-state index in [0.29, 0.717) is 6.61 Å². The van der Waals surface area contributed by atoms with Crippen molar-refractivity contribution < 1.29 is 3.83 Å². The molecule has 3 rings (SSSR count). The molecular weight excluding hydrogens is 391 g/mol. The monoisotopic (exact) mass is 411 g/mol. The van der Waals surface area contributed by atoms with Gasteiger partial charge in [0.15, 0.2) is 0 Å². The van der Waals surface area contributed by atoms with Crippen molar-refractivity contribution >= 4 is 39.4 Å². The summed E-state index contributed by atoms with van der Waals surface area (Å²) in [4.78, 5) is 0. The highest BCUT2D eigenvalue weighted by Gasteiger charge is 2.43. The van der Waals surface area contributed by atoms with Crippen LogP contribution in [0.25, 0.3) is 0 Å². The highest BCUT2D eigenvalue weighted by atomic mass is 79.9. The maximum Gasteiger partial charge on any atom is 0.115 e. The van der Waals surface area contributed by atoms with E-state index >= 15 is 0 Å². The van der Waals surface area contributed by atoms with Crippen LogP contribution in [0.15, 0.2) is 103 Å². The minimum absolute atomic E-state index is 0.568. The van der Waals surface area contributed by atoms with E-state index in [9.17, 15) is 0 Å². The molecule has 0 bridgehead atoms. The first-order chi connectivity index (χ1) is 12.4. The van der Waals surface area contributed by atoms with Crippen molar-refractivity contribution in [1.82, 2.24) is 0 Å². The number of hydrogen-bond donors (Lipinski definition) is 0. The molecule has 0 saturated heterocycles. The van der Waals surface area contributed by atoms with E-state index in [1.807, 2.05) is 0 Å². The second kappa shape index (κ2) is 9.10. The summed E-state index contributed by atoms with van der Waals surface area (Å²) in [5.74, 6) is 0. The first-order valence-corrected chi connectivity index (χ1v) is 10.9. The molecule has 0 N–H and O–H groups in total. The Morgan fingerprint density at radius 1 is 0.640 bits per heavy atom. The highest BCUT2D eigenvalue weighted by molar-refractivity contribution is 9.06. The Kier molecular flexibility index (Phi) is 6.58. The van der Waals surface area contributed by atoms with E-state index in [4.69, 9.17) is 3.83 Å². The molecule has 0 fully saturated rings. The van der Waals surface area contributed by atoms with E-state index in [-0.39, 0.29) is 0 Å². The van der Waals surface area contributed by atoms with E-state index in [1.165, 1.54) is 15.9 Å². The quantitative estimate of drug-likeness (QED) is 0.398. The predicted molar refractivity (Wildman–Crippen MR) is 114 cm³/mol. The SMILES string of the molecule is BrOC/C=C/C[P+](c1ccccc1)(c1ccccc1)c1ccccc1. The van der Waals surface area contributed by atoms with E-state index in [2.05, 4.69) is 119 Å². The molecule has 1 nitrogen and oxygen atoms in total. The minimum Gasteiger partial charge on any atom is -0.304 e. The molecule has 3 aromatic rings. The summed E-state index contributed by atoms with van der Waals surface area (Å²) in [5, 5.41) is 4.20. The standard InChI is InChI=1S/C22H21BrOP/c23-24-18-10-11-19-25(20-12-4-1-5-13-20,21-14-6-2-7-15-21)22-16-8-3-9-17-22/h1-17H,18-19H2/q+1/b11-10+. The van der Waals surface area contributed by atoms with Gasteiger partial charge < -0.3 is 3.83 Å². The van der Waals surface area contributed by atoms with Crippen LogP contribution < -0.4 is 15.9 Å². The van der Waals surface area contributed by atoms with Crippen LogP contribution in [0, 0.1) is 0 Å². The lowest BCUT2D eigenvalue weighted by Crippen LogP contribution is -2.32. The average molecular weight is 412 g/mol. The molecule has 0 aliphatic rings. The molecule has 0 aliphatic carbocycles. The number of benzene rings is 3. The van der Waals surface area contributed by atoms with Crippen LogP contribution in [0.5, 0.6) is 0 Å². The molecule has 0 radical (unpaired) electrons. The summed E-state index contributed by atoms with van der Waals surface area (Å²) < 4.78 is 5.01. The van der Waals surface area contributed by atoms with Gasteiger partial charge in [-0.3, -0.25) is 0 Å². The summed E-state index contributed by atoms with van der Waals surface area (Å²) in [6.45, 7) is 0.568. The Hall–Kier alpha value is -1.73. The molecule has 0 aliphatic heterocycles. The summed E-state index contributed by atoms with van der Waals surface area (Å²) in [7, 11) is -1.75. The molecule has 3 heteroatoms. The van der Waals surface area contributed by atoms with Crippen LogP contribution in [0.2, 0.25) is 0 Å². The summed E-state index contributed by atoms with van der Waals surface area (Å²) in [5.41, 5.74) is 0. The molecule has 0 unspecified atom stereocenters. The van der Waals surface area contributed by atoms with Crippen LogP contribution in [-0.4, -0.2) is 12.8 Å². The van der Waals surface area contributed by atoms with Crippen LogP contribution in [-0.2, 0) is 3.83 Å². The normalized spacial score (nSPS) is 11.7. The number of rotatable bonds is 7. The van der Waals surface area contributed by atoms with Crippen LogP contribution in [0.1, 0.15) is 0 Å². The van der Waals surface area contributed by atoms with Crippen molar-refractivity contribution in [2.45, 2.75) is 0 Å². The molecule has 25 heavy (non-hydrogen) atoms.